The average Bonchev–Trinajstić information content (AvgIpc) is 2.23. The van der Waals surface area contributed by atoms with Crippen molar-refractivity contribution in [3.63, 3.8) is 0 Å². The van der Waals surface area contributed by atoms with Gasteiger partial charge in [0.2, 0.25) is 5.88 Å². The molecule has 5 heteroatoms. The van der Waals surface area contributed by atoms with Crippen LogP contribution in [0.25, 0.3) is 11.0 Å². The standard InChI is InChI=1S/C9H6BFN2O/c1-14-7-3-2-6-9(13-7)8(10)5(11)4-12-6/h2-4H,1H3. The SMILES string of the molecule is [B]c1c(F)cnc2ccc(OC)nc12. The Balaban J connectivity index is 2.78. The molecular weight excluding hydrogens is 182 g/mol. The summed E-state index contributed by atoms with van der Waals surface area (Å²) in [5.74, 6) is -0.185. The Morgan fingerprint density at radius 3 is 2.93 bits per heavy atom. The van der Waals surface area contributed by atoms with Crippen LogP contribution in [0.3, 0.4) is 0 Å². The second kappa shape index (κ2) is 3.25. The number of fused-ring (bicyclic) bond motifs is 1. The fourth-order valence-electron chi connectivity index (χ4n) is 1.16. The van der Waals surface area contributed by atoms with Gasteiger partial charge in [-0.3, -0.25) is 4.98 Å². The van der Waals surface area contributed by atoms with E-state index in [4.69, 9.17) is 12.6 Å². The Hall–Kier alpha value is -1.65. The van der Waals surface area contributed by atoms with Crippen molar-refractivity contribution in [3.8, 4) is 5.88 Å². The monoisotopic (exact) mass is 188 g/mol. The van der Waals surface area contributed by atoms with Gasteiger partial charge in [-0.15, -0.1) is 0 Å². The number of hydrogen-bond acceptors (Lipinski definition) is 3. The number of aromatic nitrogens is 2. The van der Waals surface area contributed by atoms with Gasteiger partial charge in [0.1, 0.15) is 13.7 Å². The maximum Gasteiger partial charge on any atom is 0.213 e. The maximum atomic E-state index is 13.0. The molecule has 0 aliphatic heterocycles. The highest BCUT2D eigenvalue weighted by Gasteiger charge is 2.05. The second-order valence-corrected chi connectivity index (χ2v) is 2.74. The number of halogens is 1. The molecule has 0 atom stereocenters. The van der Waals surface area contributed by atoms with Crippen molar-refractivity contribution in [3.05, 3.63) is 24.1 Å². The van der Waals surface area contributed by atoms with Crippen LogP contribution in [0.15, 0.2) is 18.3 Å². The van der Waals surface area contributed by atoms with Gasteiger partial charge >= 0.3 is 0 Å². The van der Waals surface area contributed by atoms with Gasteiger partial charge in [0.15, 0.2) is 0 Å². The zero-order chi connectivity index (χ0) is 10.1. The van der Waals surface area contributed by atoms with Crippen LogP contribution in [0.1, 0.15) is 0 Å². The first-order chi connectivity index (χ1) is 6.72. The minimum atomic E-state index is -0.571. The minimum Gasteiger partial charge on any atom is -0.481 e. The van der Waals surface area contributed by atoms with Gasteiger partial charge in [-0.05, 0) is 11.5 Å². The zero-order valence-corrected chi connectivity index (χ0v) is 7.49. The molecule has 2 aromatic rings. The molecule has 0 fully saturated rings. The van der Waals surface area contributed by atoms with Gasteiger partial charge < -0.3 is 4.74 Å². The first-order valence-electron chi connectivity index (χ1n) is 3.97. The molecule has 0 spiro atoms. The highest BCUT2D eigenvalue weighted by atomic mass is 19.1. The predicted molar refractivity (Wildman–Crippen MR) is 51.4 cm³/mol. The van der Waals surface area contributed by atoms with E-state index in [0.717, 1.165) is 6.20 Å². The van der Waals surface area contributed by atoms with Crippen molar-refractivity contribution in [1.29, 1.82) is 0 Å². The summed E-state index contributed by atoms with van der Waals surface area (Å²) in [4.78, 5) is 7.85. The number of hydrogen-bond donors (Lipinski definition) is 0. The van der Waals surface area contributed by atoms with E-state index in [1.807, 2.05) is 0 Å². The minimum absolute atomic E-state index is 0.00565. The largest absolute Gasteiger partial charge is 0.481 e. The molecule has 2 radical (unpaired) electrons. The fraction of sp³-hybridized carbons (Fsp3) is 0.111. The molecule has 0 saturated carbocycles. The molecule has 14 heavy (non-hydrogen) atoms. The Morgan fingerprint density at radius 1 is 1.43 bits per heavy atom. The van der Waals surface area contributed by atoms with E-state index in [2.05, 4.69) is 9.97 Å². The highest BCUT2D eigenvalue weighted by Crippen LogP contribution is 2.12. The molecule has 0 saturated heterocycles. The van der Waals surface area contributed by atoms with Crippen LogP contribution < -0.4 is 10.2 Å². The molecule has 0 bridgehead atoms. The number of pyridine rings is 2. The first-order valence-corrected chi connectivity index (χ1v) is 3.97. The van der Waals surface area contributed by atoms with E-state index in [1.54, 1.807) is 12.1 Å². The van der Waals surface area contributed by atoms with Crippen LogP contribution in [0, 0.1) is 5.82 Å². The lowest BCUT2D eigenvalue weighted by molar-refractivity contribution is 0.399. The van der Waals surface area contributed by atoms with Crippen molar-refractivity contribution >= 4 is 24.3 Å². The van der Waals surface area contributed by atoms with Crippen LogP contribution in [-0.2, 0) is 0 Å². The van der Waals surface area contributed by atoms with Gasteiger partial charge in [-0.2, -0.15) is 0 Å². The lowest BCUT2D eigenvalue weighted by Crippen LogP contribution is -2.12. The Morgan fingerprint density at radius 2 is 2.21 bits per heavy atom. The van der Waals surface area contributed by atoms with Gasteiger partial charge in [-0.1, -0.05) is 0 Å². The van der Waals surface area contributed by atoms with Crippen LogP contribution in [0.2, 0.25) is 0 Å². The number of rotatable bonds is 1. The lowest BCUT2D eigenvalue weighted by atomic mass is 9.95. The second-order valence-electron chi connectivity index (χ2n) is 2.74. The predicted octanol–water partition coefficient (Wildman–Crippen LogP) is 0.571. The third-order valence-corrected chi connectivity index (χ3v) is 1.89. The summed E-state index contributed by atoms with van der Waals surface area (Å²) in [6.07, 6.45) is 1.08. The summed E-state index contributed by atoms with van der Waals surface area (Å²) in [7, 11) is 6.99. The summed E-state index contributed by atoms with van der Waals surface area (Å²) in [5.41, 5.74) is 0.864. The number of nitrogens with zero attached hydrogens (tertiary/aromatic N) is 2. The van der Waals surface area contributed by atoms with E-state index in [-0.39, 0.29) is 5.46 Å². The molecule has 0 amide bonds. The Kier molecular flexibility index (Phi) is 2.07. The van der Waals surface area contributed by atoms with E-state index in [9.17, 15) is 4.39 Å². The lowest BCUT2D eigenvalue weighted by Gasteiger charge is -2.04. The van der Waals surface area contributed by atoms with E-state index >= 15 is 0 Å². The summed E-state index contributed by atoms with van der Waals surface area (Å²) < 4.78 is 17.9. The van der Waals surface area contributed by atoms with Crippen molar-refractivity contribution < 1.29 is 9.13 Å². The van der Waals surface area contributed by atoms with Crippen LogP contribution in [-0.4, -0.2) is 24.9 Å². The Bertz CT molecular complexity index is 489. The molecule has 0 unspecified atom stereocenters. The van der Waals surface area contributed by atoms with E-state index in [1.165, 1.54) is 7.11 Å². The first kappa shape index (κ1) is 8.93. The van der Waals surface area contributed by atoms with Crippen molar-refractivity contribution in [2.75, 3.05) is 7.11 Å². The van der Waals surface area contributed by atoms with Crippen LogP contribution in [0.4, 0.5) is 4.39 Å². The molecule has 0 N–H and O–H groups in total. The van der Waals surface area contributed by atoms with Crippen molar-refractivity contribution in [2.45, 2.75) is 0 Å². The summed E-state index contributed by atoms with van der Waals surface area (Å²) in [6, 6.07) is 3.32. The average molecular weight is 188 g/mol. The molecule has 0 aromatic carbocycles. The maximum absolute atomic E-state index is 13.0. The zero-order valence-electron chi connectivity index (χ0n) is 7.49. The topological polar surface area (TPSA) is 35.0 Å². The Labute approximate surface area is 81.3 Å². The molecule has 2 aromatic heterocycles. The van der Waals surface area contributed by atoms with Gasteiger partial charge in [-0.25, -0.2) is 9.37 Å². The molecule has 2 rings (SSSR count). The molecule has 3 nitrogen and oxygen atoms in total. The normalized spacial score (nSPS) is 10.4. The highest BCUT2D eigenvalue weighted by molar-refractivity contribution is 6.38. The van der Waals surface area contributed by atoms with Crippen molar-refractivity contribution in [1.82, 2.24) is 9.97 Å². The van der Waals surface area contributed by atoms with Gasteiger partial charge in [0.05, 0.1) is 24.3 Å². The molecule has 2 heterocycles. The molecule has 0 aliphatic rings. The van der Waals surface area contributed by atoms with Crippen LogP contribution >= 0.6 is 0 Å². The molecule has 0 aliphatic carbocycles. The third-order valence-electron chi connectivity index (χ3n) is 1.89. The van der Waals surface area contributed by atoms with Crippen LogP contribution in [0.5, 0.6) is 5.88 Å². The summed E-state index contributed by atoms with van der Waals surface area (Å²) in [6.45, 7) is 0. The number of methoxy groups -OCH3 is 1. The van der Waals surface area contributed by atoms with Gasteiger partial charge in [0, 0.05) is 6.07 Å². The summed E-state index contributed by atoms with van der Waals surface area (Å²) >= 11 is 0. The van der Waals surface area contributed by atoms with Crippen molar-refractivity contribution in [2.24, 2.45) is 0 Å². The molecular formula is C9H6BFN2O. The smallest absolute Gasteiger partial charge is 0.213 e. The molecule has 68 valence electrons. The van der Waals surface area contributed by atoms with Gasteiger partial charge in [0.25, 0.3) is 0 Å². The number of ether oxygens (including phenoxy) is 1. The summed E-state index contributed by atoms with van der Waals surface area (Å²) in [5, 5.41) is 0. The van der Waals surface area contributed by atoms with E-state index < -0.39 is 5.82 Å². The third kappa shape index (κ3) is 1.30. The fourth-order valence-corrected chi connectivity index (χ4v) is 1.16. The van der Waals surface area contributed by atoms with E-state index in [0.29, 0.717) is 16.9 Å². The quantitative estimate of drug-likeness (QED) is 0.613.